The molecule has 1 aromatic heterocycles. The van der Waals surface area contributed by atoms with Crippen molar-refractivity contribution >= 4 is 11.0 Å². The first kappa shape index (κ1) is 12.5. The number of fused-ring (bicyclic) bond motifs is 2. The minimum absolute atomic E-state index is 0.204. The third kappa shape index (κ3) is 1.94. The summed E-state index contributed by atoms with van der Waals surface area (Å²) >= 11 is 0. The smallest absolute Gasteiger partial charge is 0.125 e. The van der Waals surface area contributed by atoms with Crippen LogP contribution in [0.25, 0.3) is 11.0 Å². The van der Waals surface area contributed by atoms with Crippen LogP contribution < -0.4 is 5.32 Å². The molecule has 3 aromatic rings. The van der Waals surface area contributed by atoms with Gasteiger partial charge in [-0.3, -0.25) is 0 Å². The van der Waals surface area contributed by atoms with Crippen LogP contribution in [0.15, 0.2) is 42.5 Å². The molecule has 1 aliphatic rings. The first-order valence-corrected chi connectivity index (χ1v) is 7.14. The number of benzene rings is 2. The van der Waals surface area contributed by atoms with Crippen LogP contribution in [0.3, 0.4) is 0 Å². The number of halogens is 1. The Morgan fingerprint density at radius 2 is 2.10 bits per heavy atom. The molecule has 0 saturated carbocycles. The van der Waals surface area contributed by atoms with Crippen LogP contribution in [0.1, 0.15) is 22.9 Å². The van der Waals surface area contributed by atoms with Crippen molar-refractivity contribution < 1.29 is 4.39 Å². The Bertz CT molecular complexity index is 822. The fraction of sp³-hybridized carbons (Fsp3) is 0.235. The Kier molecular flexibility index (Phi) is 2.79. The quantitative estimate of drug-likeness (QED) is 0.743. The van der Waals surface area contributed by atoms with Gasteiger partial charge in [0, 0.05) is 26.2 Å². The molecule has 0 radical (unpaired) electrons. The van der Waals surface area contributed by atoms with Crippen molar-refractivity contribution in [1.29, 1.82) is 0 Å². The number of aryl methyl sites for hydroxylation is 1. The molecule has 2 heterocycles. The fourth-order valence-electron chi connectivity index (χ4n) is 3.23. The molecule has 106 valence electrons. The van der Waals surface area contributed by atoms with Crippen molar-refractivity contribution in [3.63, 3.8) is 0 Å². The lowest BCUT2D eigenvalue weighted by molar-refractivity contribution is 0.562. The van der Waals surface area contributed by atoms with E-state index in [-0.39, 0.29) is 11.7 Å². The summed E-state index contributed by atoms with van der Waals surface area (Å²) in [7, 11) is 2.00. The van der Waals surface area contributed by atoms with Crippen molar-refractivity contribution in [1.82, 2.24) is 14.9 Å². The van der Waals surface area contributed by atoms with Crippen LogP contribution in [-0.2, 0) is 13.6 Å². The average Bonchev–Trinajstić information content (AvgIpc) is 2.83. The molecule has 0 fully saturated rings. The van der Waals surface area contributed by atoms with Gasteiger partial charge in [0.15, 0.2) is 0 Å². The van der Waals surface area contributed by atoms with Gasteiger partial charge in [-0.15, -0.1) is 0 Å². The molecule has 1 N–H and O–H groups in total. The highest BCUT2D eigenvalue weighted by Gasteiger charge is 2.25. The van der Waals surface area contributed by atoms with E-state index in [9.17, 15) is 4.39 Å². The van der Waals surface area contributed by atoms with Crippen molar-refractivity contribution in [3.05, 3.63) is 65.2 Å². The van der Waals surface area contributed by atoms with E-state index in [2.05, 4.69) is 39.1 Å². The van der Waals surface area contributed by atoms with Crippen LogP contribution in [0, 0.1) is 5.82 Å². The maximum Gasteiger partial charge on any atom is 0.125 e. The van der Waals surface area contributed by atoms with Crippen molar-refractivity contribution in [3.8, 4) is 0 Å². The monoisotopic (exact) mass is 281 g/mol. The maximum absolute atomic E-state index is 13.4. The minimum Gasteiger partial charge on any atom is -0.331 e. The highest BCUT2D eigenvalue weighted by molar-refractivity contribution is 5.76. The second-order valence-corrected chi connectivity index (χ2v) is 5.54. The van der Waals surface area contributed by atoms with E-state index in [1.165, 1.54) is 23.3 Å². The summed E-state index contributed by atoms with van der Waals surface area (Å²) in [5.41, 5.74) is 4.31. The van der Waals surface area contributed by atoms with E-state index in [0.717, 1.165) is 29.9 Å². The summed E-state index contributed by atoms with van der Waals surface area (Å²) in [6.07, 6.45) is 0. The van der Waals surface area contributed by atoms with Gasteiger partial charge in [0.25, 0.3) is 0 Å². The minimum atomic E-state index is -0.241. The third-order valence-corrected chi connectivity index (χ3v) is 4.28. The summed E-state index contributed by atoms with van der Waals surface area (Å²) in [4.78, 5) is 4.68. The lowest BCUT2D eigenvalue weighted by Gasteiger charge is -2.26. The molecular weight excluding hydrogens is 265 g/mol. The molecule has 2 aromatic carbocycles. The molecule has 1 atom stereocenters. The van der Waals surface area contributed by atoms with Gasteiger partial charge in [-0.05, 0) is 23.3 Å². The highest BCUT2D eigenvalue weighted by atomic mass is 19.1. The van der Waals surface area contributed by atoms with Crippen molar-refractivity contribution in [2.24, 2.45) is 7.05 Å². The number of hydrogen-bond donors (Lipinski definition) is 1. The van der Waals surface area contributed by atoms with Crippen LogP contribution in [-0.4, -0.2) is 16.1 Å². The summed E-state index contributed by atoms with van der Waals surface area (Å²) in [5, 5.41) is 3.45. The predicted molar refractivity (Wildman–Crippen MR) is 80.7 cm³/mol. The van der Waals surface area contributed by atoms with Gasteiger partial charge in [0.1, 0.15) is 11.6 Å². The largest absolute Gasteiger partial charge is 0.331 e. The van der Waals surface area contributed by atoms with Crippen LogP contribution in [0.4, 0.5) is 4.39 Å². The Hall–Kier alpha value is -2.20. The lowest BCUT2D eigenvalue weighted by atomic mass is 9.90. The van der Waals surface area contributed by atoms with Gasteiger partial charge < -0.3 is 9.88 Å². The Balaban J connectivity index is 1.90. The number of imidazole rings is 1. The number of nitrogens with one attached hydrogen (secondary N) is 1. The average molecular weight is 281 g/mol. The van der Waals surface area contributed by atoms with Gasteiger partial charge in [-0.2, -0.15) is 0 Å². The Morgan fingerprint density at radius 3 is 3.00 bits per heavy atom. The van der Waals surface area contributed by atoms with E-state index in [4.69, 9.17) is 0 Å². The number of nitrogens with zero attached hydrogens (tertiary/aromatic N) is 2. The molecule has 21 heavy (non-hydrogen) atoms. The molecular formula is C17H16FN3. The zero-order valence-electron chi connectivity index (χ0n) is 11.8. The number of aromatic nitrogens is 2. The molecule has 4 heteroatoms. The Labute approximate surface area is 122 Å². The maximum atomic E-state index is 13.4. The molecule has 1 unspecified atom stereocenters. The first-order chi connectivity index (χ1) is 10.2. The van der Waals surface area contributed by atoms with E-state index in [1.807, 2.05) is 7.05 Å². The first-order valence-electron chi connectivity index (χ1n) is 7.14. The molecule has 4 rings (SSSR count). The molecule has 0 bridgehead atoms. The molecule has 0 saturated heterocycles. The normalized spacial score (nSPS) is 17.9. The van der Waals surface area contributed by atoms with Crippen molar-refractivity contribution in [2.75, 3.05) is 6.54 Å². The van der Waals surface area contributed by atoms with Crippen LogP contribution >= 0.6 is 0 Å². The van der Waals surface area contributed by atoms with Gasteiger partial charge in [-0.25, -0.2) is 9.37 Å². The summed E-state index contributed by atoms with van der Waals surface area (Å²) in [6, 6.07) is 13.2. The van der Waals surface area contributed by atoms with Gasteiger partial charge in [0.2, 0.25) is 0 Å². The van der Waals surface area contributed by atoms with E-state index >= 15 is 0 Å². The SMILES string of the molecule is Cn1c(C2CNCc3ccccc32)nc2cc(F)ccc21. The third-order valence-electron chi connectivity index (χ3n) is 4.28. The summed E-state index contributed by atoms with van der Waals surface area (Å²) < 4.78 is 15.5. The Morgan fingerprint density at radius 1 is 1.24 bits per heavy atom. The number of hydrogen-bond acceptors (Lipinski definition) is 2. The van der Waals surface area contributed by atoms with Crippen molar-refractivity contribution in [2.45, 2.75) is 12.5 Å². The molecule has 0 aliphatic carbocycles. The topological polar surface area (TPSA) is 29.9 Å². The van der Waals surface area contributed by atoms with Crippen LogP contribution in [0.5, 0.6) is 0 Å². The lowest BCUT2D eigenvalue weighted by Crippen LogP contribution is -2.30. The highest BCUT2D eigenvalue weighted by Crippen LogP contribution is 2.31. The summed E-state index contributed by atoms with van der Waals surface area (Å²) in [6.45, 7) is 1.75. The second-order valence-electron chi connectivity index (χ2n) is 5.54. The standard InChI is InChI=1S/C17H16FN3/c1-21-16-7-6-12(18)8-15(16)20-17(21)14-10-19-9-11-4-2-3-5-13(11)14/h2-8,14,19H,9-10H2,1H3. The van der Waals surface area contributed by atoms with Gasteiger partial charge >= 0.3 is 0 Å². The number of rotatable bonds is 1. The molecule has 0 amide bonds. The molecule has 1 aliphatic heterocycles. The zero-order valence-corrected chi connectivity index (χ0v) is 11.8. The van der Waals surface area contributed by atoms with E-state index in [0.29, 0.717) is 0 Å². The van der Waals surface area contributed by atoms with Gasteiger partial charge in [0.05, 0.1) is 17.0 Å². The van der Waals surface area contributed by atoms with E-state index < -0.39 is 0 Å². The predicted octanol–water partition coefficient (Wildman–Crippen LogP) is 2.95. The van der Waals surface area contributed by atoms with Gasteiger partial charge in [-0.1, -0.05) is 24.3 Å². The van der Waals surface area contributed by atoms with Crippen LogP contribution in [0.2, 0.25) is 0 Å². The second kappa shape index (κ2) is 4.67. The molecule has 0 spiro atoms. The zero-order chi connectivity index (χ0) is 14.4. The van der Waals surface area contributed by atoms with E-state index in [1.54, 1.807) is 6.07 Å². The fourth-order valence-corrected chi connectivity index (χ4v) is 3.23. The molecule has 3 nitrogen and oxygen atoms in total. The summed E-state index contributed by atoms with van der Waals surface area (Å²) in [5.74, 6) is 0.944.